The minimum atomic E-state index is 0.692. The van der Waals surface area contributed by atoms with Gasteiger partial charge in [-0.25, -0.2) is 0 Å². The van der Waals surface area contributed by atoms with Gasteiger partial charge in [0.1, 0.15) is 0 Å². The average Bonchev–Trinajstić information content (AvgIpc) is 2.45. The average molecular weight is 287 g/mol. The zero-order chi connectivity index (χ0) is 14.3. The number of nitrogens with one attached hydrogen (secondary N) is 1. The van der Waals surface area contributed by atoms with Crippen LogP contribution < -0.4 is 5.32 Å². The van der Waals surface area contributed by atoms with Crippen LogP contribution in [0, 0.1) is 11.8 Å². The lowest BCUT2D eigenvalue weighted by atomic mass is 9.90. The van der Waals surface area contributed by atoms with Crippen molar-refractivity contribution in [3.63, 3.8) is 0 Å². The van der Waals surface area contributed by atoms with Crippen molar-refractivity contribution in [3.05, 3.63) is 0 Å². The van der Waals surface area contributed by atoms with Gasteiger partial charge in [0.25, 0.3) is 0 Å². The van der Waals surface area contributed by atoms with E-state index in [0.29, 0.717) is 6.04 Å². The van der Waals surface area contributed by atoms with Gasteiger partial charge < -0.3 is 5.32 Å². The number of hydrogen-bond donors (Lipinski definition) is 1. The van der Waals surface area contributed by atoms with E-state index in [1.807, 2.05) is 0 Å². The summed E-state index contributed by atoms with van der Waals surface area (Å²) in [6.45, 7) is 15.4. The lowest BCUT2D eigenvalue weighted by molar-refractivity contribution is 0.0821. The normalized spacial score (nSPS) is 28.3. The first kappa shape index (κ1) is 17.3. The van der Waals surface area contributed by atoms with Crippen molar-refractivity contribution >= 4 is 11.8 Å². The van der Waals surface area contributed by atoms with E-state index in [2.05, 4.69) is 56.6 Å². The Bertz CT molecular complexity index is 235. The molecule has 0 amide bonds. The van der Waals surface area contributed by atoms with Gasteiger partial charge in [0, 0.05) is 37.5 Å². The molecule has 0 aromatic heterocycles. The number of nitrogens with zero attached hydrogens (tertiary/aromatic N) is 1. The molecule has 1 heterocycles. The molecule has 0 radical (unpaired) electrons. The first-order chi connectivity index (χ1) is 9.13. The predicted octanol–water partition coefficient (Wildman–Crippen LogP) is 3.47. The zero-order valence-electron chi connectivity index (χ0n) is 13.6. The molecular formula is C16H34N2S. The van der Waals surface area contributed by atoms with Crippen molar-refractivity contribution in [3.8, 4) is 0 Å². The molecule has 1 aliphatic heterocycles. The summed E-state index contributed by atoms with van der Waals surface area (Å²) in [5.74, 6) is 4.13. The van der Waals surface area contributed by atoms with Gasteiger partial charge in [-0.3, -0.25) is 4.90 Å². The maximum atomic E-state index is 3.81. The molecule has 0 aliphatic carbocycles. The largest absolute Gasteiger partial charge is 0.311 e. The molecule has 1 N–H and O–H groups in total. The van der Waals surface area contributed by atoms with Crippen LogP contribution >= 0.6 is 11.8 Å². The highest BCUT2D eigenvalue weighted by Crippen LogP contribution is 2.22. The van der Waals surface area contributed by atoms with E-state index in [-0.39, 0.29) is 0 Å². The summed E-state index contributed by atoms with van der Waals surface area (Å²) >= 11 is 2.08. The van der Waals surface area contributed by atoms with E-state index in [0.717, 1.165) is 17.9 Å². The fourth-order valence-electron chi connectivity index (χ4n) is 2.94. The molecule has 19 heavy (non-hydrogen) atoms. The SMILES string of the molecule is CCSCCN1CC(C(C)CC)NCC1C(C)CC. The second-order valence-electron chi connectivity index (χ2n) is 6.05. The van der Waals surface area contributed by atoms with Crippen LogP contribution in [-0.4, -0.2) is 48.1 Å². The van der Waals surface area contributed by atoms with E-state index in [1.54, 1.807) is 0 Å². The molecule has 4 atom stereocenters. The molecule has 1 saturated heterocycles. The Morgan fingerprint density at radius 2 is 1.84 bits per heavy atom. The summed E-state index contributed by atoms with van der Waals surface area (Å²) in [6.07, 6.45) is 2.57. The van der Waals surface area contributed by atoms with Crippen LogP contribution in [0.1, 0.15) is 47.5 Å². The Kier molecular flexibility index (Phi) is 8.43. The van der Waals surface area contributed by atoms with Crippen LogP contribution in [0.2, 0.25) is 0 Å². The molecular weight excluding hydrogens is 252 g/mol. The van der Waals surface area contributed by atoms with Crippen LogP contribution in [0.3, 0.4) is 0 Å². The van der Waals surface area contributed by atoms with Gasteiger partial charge in [0.05, 0.1) is 0 Å². The quantitative estimate of drug-likeness (QED) is 0.688. The van der Waals surface area contributed by atoms with E-state index in [4.69, 9.17) is 0 Å². The predicted molar refractivity (Wildman–Crippen MR) is 89.1 cm³/mol. The summed E-state index contributed by atoms with van der Waals surface area (Å²) in [5.41, 5.74) is 0. The summed E-state index contributed by atoms with van der Waals surface area (Å²) in [7, 11) is 0. The first-order valence-electron chi connectivity index (χ1n) is 8.19. The molecule has 0 aromatic carbocycles. The van der Waals surface area contributed by atoms with Gasteiger partial charge in [-0.2, -0.15) is 11.8 Å². The lowest BCUT2D eigenvalue weighted by Gasteiger charge is -2.44. The van der Waals surface area contributed by atoms with Gasteiger partial charge in [-0.05, 0) is 17.6 Å². The maximum absolute atomic E-state index is 3.81. The van der Waals surface area contributed by atoms with Crippen LogP contribution in [-0.2, 0) is 0 Å². The van der Waals surface area contributed by atoms with Crippen molar-refractivity contribution in [1.82, 2.24) is 10.2 Å². The van der Waals surface area contributed by atoms with Gasteiger partial charge in [0.2, 0.25) is 0 Å². The highest BCUT2D eigenvalue weighted by Gasteiger charge is 2.32. The Hall–Kier alpha value is 0.270. The van der Waals surface area contributed by atoms with E-state index < -0.39 is 0 Å². The monoisotopic (exact) mass is 286 g/mol. The fraction of sp³-hybridized carbons (Fsp3) is 1.00. The number of thioether (sulfide) groups is 1. The lowest BCUT2D eigenvalue weighted by Crippen LogP contribution is -2.60. The second kappa shape index (κ2) is 9.25. The van der Waals surface area contributed by atoms with Crippen molar-refractivity contribution in [1.29, 1.82) is 0 Å². The molecule has 1 rings (SSSR count). The summed E-state index contributed by atoms with van der Waals surface area (Å²) in [5, 5.41) is 3.81. The summed E-state index contributed by atoms with van der Waals surface area (Å²) in [4.78, 5) is 2.77. The number of piperazine rings is 1. The first-order valence-corrected chi connectivity index (χ1v) is 9.34. The van der Waals surface area contributed by atoms with Crippen molar-refractivity contribution in [2.45, 2.75) is 59.5 Å². The molecule has 4 unspecified atom stereocenters. The molecule has 2 nitrogen and oxygen atoms in total. The molecule has 0 bridgehead atoms. The van der Waals surface area contributed by atoms with Crippen LogP contribution in [0.25, 0.3) is 0 Å². The minimum Gasteiger partial charge on any atom is -0.311 e. The molecule has 0 spiro atoms. The van der Waals surface area contributed by atoms with Crippen LogP contribution in [0.4, 0.5) is 0 Å². The zero-order valence-corrected chi connectivity index (χ0v) is 14.4. The third-order valence-electron chi connectivity index (χ3n) is 4.85. The van der Waals surface area contributed by atoms with Gasteiger partial charge in [-0.15, -0.1) is 0 Å². The Morgan fingerprint density at radius 3 is 2.42 bits per heavy atom. The van der Waals surface area contributed by atoms with Gasteiger partial charge in [0.15, 0.2) is 0 Å². The Labute approximate surface area is 125 Å². The molecule has 0 aromatic rings. The highest BCUT2D eigenvalue weighted by atomic mass is 32.2. The highest BCUT2D eigenvalue weighted by molar-refractivity contribution is 7.99. The number of hydrogen-bond acceptors (Lipinski definition) is 3. The van der Waals surface area contributed by atoms with E-state index >= 15 is 0 Å². The van der Waals surface area contributed by atoms with Crippen molar-refractivity contribution < 1.29 is 0 Å². The third kappa shape index (κ3) is 5.28. The molecule has 0 saturated carbocycles. The van der Waals surface area contributed by atoms with Crippen molar-refractivity contribution in [2.24, 2.45) is 11.8 Å². The topological polar surface area (TPSA) is 15.3 Å². The van der Waals surface area contributed by atoms with Crippen LogP contribution in [0.5, 0.6) is 0 Å². The second-order valence-corrected chi connectivity index (χ2v) is 7.44. The molecule has 1 fully saturated rings. The maximum Gasteiger partial charge on any atom is 0.0247 e. The Balaban J connectivity index is 2.57. The van der Waals surface area contributed by atoms with Gasteiger partial charge in [-0.1, -0.05) is 47.5 Å². The van der Waals surface area contributed by atoms with Gasteiger partial charge >= 0.3 is 0 Å². The number of rotatable bonds is 8. The van der Waals surface area contributed by atoms with Crippen molar-refractivity contribution in [2.75, 3.05) is 31.1 Å². The smallest absolute Gasteiger partial charge is 0.0247 e. The van der Waals surface area contributed by atoms with E-state index in [1.165, 1.54) is 44.0 Å². The third-order valence-corrected chi connectivity index (χ3v) is 5.73. The standard InChI is InChI=1S/C16H34N2S/c1-6-13(4)15-12-18(9-10-19-8-3)16(11-17-15)14(5)7-2/h13-17H,6-12H2,1-5H3. The molecule has 3 heteroatoms. The fourth-order valence-corrected chi connectivity index (χ4v) is 3.59. The van der Waals surface area contributed by atoms with E-state index in [9.17, 15) is 0 Å². The Morgan fingerprint density at radius 1 is 1.16 bits per heavy atom. The summed E-state index contributed by atoms with van der Waals surface area (Å²) in [6, 6.07) is 1.43. The summed E-state index contributed by atoms with van der Waals surface area (Å²) < 4.78 is 0. The van der Waals surface area contributed by atoms with Crippen LogP contribution in [0.15, 0.2) is 0 Å². The molecule has 1 aliphatic rings. The molecule has 114 valence electrons. The minimum absolute atomic E-state index is 0.692.